The van der Waals surface area contributed by atoms with E-state index in [9.17, 15) is 29.7 Å². The molecule has 0 aliphatic carbocycles. The Balaban J connectivity index is 1.94. The predicted octanol–water partition coefficient (Wildman–Crippen LogP) is 5.64. The molecule has 12 heteroatoms. The first-order valence-electron chi connectivity index (χ1n) is 13.4. The standard InChI is InChI=1S/C30H32N6O4S2/c1-7-35(8-2)29(39)23-17(5)21(15-31)27(41-23)33-25(37)19-13-11-12-14-20(19)26(38)34-28-22(16-32)18(6)24(42-28)30(40)36(9-3)10-4/h11-14H,7-10H2,1-6H3,(H,33,37)(H,34,38). The van der Waals surface area contributed by atoms with Crippen LogP contribution in [-0.4, -0.2) is 59.6 Å². The Morgan fingerprint density at radius 2 is 1.02 bits per heavy atom. The molecule has 0 atom stereocenters. The molecule has 0 unspecified atom stereocenters. The lowest BCUT2D eigenvalue weighted by atomic mass is 10.1. The van der Waals surface area contributed by atoms with Crippen molar-refractivity contribution in [3.05, 3.63) is 67.4 Å². The molecule has 42 heavy (non-hydrogen) atoms. The third-order valence-electron chi connectivity index (χ3n) is 6.88. The van der Waals surface area contributed by atoms with Crippen molar-refractivity contribution in [2.45, 2.75) is 41.5 Å². The van der Waals surface area contributed by atoms with Gasteiger partial charge in [0.1, 0.15) is 22.1 Å². The van der Waals surface area contributed by atoms with Crippen molar-refractivity contribution in [1.29, 1.82) is 10.5 Å². The summed E-state index contributed by atoms with van der Waals surface area (Å²) in [6, 6.07) is 10.3. The summed E-state index contributed by atoms with van der Waals surface area (Å²) in [5, 5.41) is 25.4. The number of benzene rings is 1. The molecule has 2 heterocycles. The first-order chi connectivity index (χ1) is 20.1. The molecule has 0 aliphatic heterocycles. The molecule has 0 radical (unpaired) electrons. The molecule has 2 N–H and O–H groups in total. The summed E-state index contributed by atoms with van der Waals surface area (Å²) >= 11 is 2.04. The van der Waals surface area contributed by atoms with Gasteiger partial charge in [0, 0.05) is 26.2 Å². The fourth-order valence-electron chi connectivity index (χ4n) is 4.41. The number of nitrogens with one attached hydrogen (secondary N) is 2. The van der Waals surface area contributed by atoms with Gasteiger partial charge in [-0.1, -0.05) is 12.1 Å². The van der Waals surface area contributed by atoms with Crippen LogP contribution in [0.1, 0.15) is 90.0 Å². The van der Waals surface area contributed by atoms with Crippen LogP contribution < -0.4 is 10.6 Å². The van der Waals surface area contributed by atoms with Crippen LogP contribution >= 0.6 is 22.7 Å². The summed E-state index contributed by atoms with van der Waals surface area (Å²) in [4.78, 5) is 56.8. The van der Waals surface area contributed by atoms with Gasteiger partial charge >= 0.3 is 0 Å². The quantitative estimate of drug-likeness (QED) is 0.306. The van der Waals surface area contributed by atoms with Gasteiger partial charge in [-0.05, 0) is 64.8 Å². The maximum atomic E-state index is 13.4. The fraction of sp³-hybridized carbons (Fsp3) is 0.333. The molecule has 4 amide bonds. The number of carbonyl (C=O) groups excluding carboxylic acids is 4. The highest BCUT2D eigenvalue weighted by molar-refractivity contribution is 7.19. The van der Waals surface area contributed by atoms with Gasteiger partial charge in [-0.15, -0.1) is 22.7 Å². The monoisotopic (exact) mass is 604 g/mol. The summed E-state index contributed by atoms with van der Waals surface area (Å²) in [7, 11) is 0. The van der Waals surface area contributed by atoms with Gasteiger partial charge in [0.05, 0.1) is 32.0 Å². The molecule has 2 aromatic heterocycles. The Morgan fingerprint density at radius 1 is 0.690 bits per heavy atom. The zero-order chi connectivity index (χ0) is 31.1. The van der Waals surface area contributed by atoms with Crippen LogP contribution in [0.3, 0.4) is 0 Å². The second kappa shape index (κ2) is 13.9. The maximum absolute atomic E-state index is 13.4. The van der Waals surface area contributed by atoms with Gasteiger partial charge in [-0.3, -0.25) is 19.2 Å². The molecule has 1 aromatic carbocycles. The summed E-state index contributed by atoms with van der Waals surface area (Å²) < 4.78 is 0. The second-order valence-corrected chi connectivity index (χ2v) is 11.2. The number of hydrogen-bond acceptors (Lipinski definition) is 8. The average Bonchev–Trinajstić information content (AvgIpc) is 3.48. The Hall–Kier alpha value is -4.52. The highest BCUT2D eigenvalue weighted by Crippen LogP contribution is 2.35. The Labute approximate surface area is 253 Å². The van der Waals surface area contributed by atoms with Crippen LogP contribution in [0.5, 0.6) is 0 Å². The highest BCUT2D eigenvalue weighted by Gasteiger charge is 2.27. The van der Waals surface area contributed by atoms with Crippen LogP contribution in [0.15, 0.2) is 24.3 Å². The molecule has 0 aliphatic rings. The summed E-state index contributed by atoms with van der Waals surface area (Å²) in [6.07, 6.45) is 0. The SMILES string of the molecule is CCN(CC)C(=O)c1sc(NC(=O)c2ccccc2C(=O)Nc2sc(C(=O)N(CC)CC)c(C)c2C#N)c(C#N)c1C. The van der Waals surface area contributed by atoms with Gasteiger partial charge in [0.2, 0.25) is 0 Å². The van der Waals surface area contributed by atoms with Crippen molar-refractivity contribution in [2.75, 3.05) is 36.8 Å². The first kappa shape index (κ1) is 32.0. The lowest BCUT2D eigenvalue weighted by Gasteiger charge is -2.17. The molecule has 10 nitrogen and oxygen atoms in total. The lowest BCUT2D eigenvalue weighted by molar-refractivity contribution is 0.0769. The third kappa shape index (κ3) is 6.20. The summed E-state index contributed by atoms with van der Waals surface area (Å²) in [5.41, 5.74) is 1.40. The number of thiophene rings is 2. The lowest BCUT2D eigenvalue weighted by Crippen LogP contribution is -2.30. The molecule has 3 aromatic rings. The highest BCUT2D eigenvalue weighted by atomic mass is 32.1. The smallest absolute Gasteiger partial charge is 0.264 e. The van der Waals surface area contributed by atoms with Crippen molar-refractivity contribution >= 4 is 56.3 Å². The molecular formula is C30H32N6O4S2. The average molecular weight is 605 g/mol. The van der Waals surface area contributed by atoms with Crippen molar-refractivity contribution in [3.8, 4) is 12.1 Å². The number of anilines is 2. The minimum Gasteiger partial charge on any atom is -0.338 e. The topological polar surface area (TPSA) is 146 Å². The number of rotatable bonds is 10. The summed E-state index contributed by atoms with van der Waals surface area (Å²) in [5.74, 6) is -1.73. The van der Waals surface area contributed by atoms with Crippen molar-refractivity contribution < 1.29 is 19.2 Å². The van der Waals surface area contributed by atoms with E-state index in [0.29, 0.717) is 47.1 Å². The van der Waals surface area contributed by atoms with E-state index < -0.39 is 11.8 Å². The van der Waals surface area contributed by atoms with Gasteiger partial charge < -0.3 is 20.4 Å². The number of nitrogens with zero attached hydrogens (tertiary/aromatic N) is 4. The van der Waals surface area contributed by atoms with Gasteiger partial charge in [-0.25, -0.2) is 0 Å². The largest absolute Gasteiger partial charge is 0.338 e. The van der Waals surface area contributed by atoms with Crippen LogP contribution in [0.25, 0.3) is 0 Å². The molecule has 0 bridgehead atoms. The number of nitriles is 2. The number of amides is 4. The zero-order valence-electron chi connectivity index (χ0n) is 24.4. The first-order valence-corrected chi connectivity index (χ1v) is 15.1. The van der Waals surface area contributed by atoms with E-state index in [1.807, 2.05) is 27.7 Å². The Bertz CT molecular complexity index is 1500. The fourth-order valence-corrected chi connectivity index (χ4v) is 6.65. The molecule has 0 spiro atoms. The van der Waals surface area contributed by atoms with Crippen molar-refractivity contribution in [2.24, 2.45) is 0 Å². The molecule has 0 saturated carbocycles. The van der Waals surface area contributed by atoms with Crippen LogP contribution in [-0.2, 0) is 0 Å². The minimum absolute atomic E-state index is 0.0350. The van der Waals surface area contributed by atoms with Crippen molar-refractivity contribution in [3.63, 3.8) is 0 Å². The molecule has 218 valence electrons. The van der Waals surface area contributed by atoms with E-state index in [-0.39, 0.29) is 44.1 Å². The molecule has 0 fully saturated rings. The Morgan fingerprint density at radius 3 is 1.31 bits per heavy atom. The van der Waals surface area contributed by atoms with E-state index >= 15 is 0 Å². The predicted molar refractivity (Wildman–Crippen MR) is 164 cm³/mol. The van der Waals surface area contributed by atoms with E-state index in [2.05, 4.69) is 22.8 Å². The summed E-state index contributed by atoms with van der Waals surface area (Å²) in [6.45, 7) is 12.8. The van der Waals surface area contributed by atoms with Crippen LogP contribution in [0, 0.1) is 36.5 Å². The zero-order valence-corrected chi connectivity index (χ0v) is 26.0. The maximum Gasteiger partial charge on any atom is 0.264 e. The van der Waals surface area contributed by atoms with Gasteiger partial charge in [-0.2, -0.15) is 10.5 Å². The van der Waals surface area contributed by atoms with E-state index in [0.717, 1.165) is 22.7 Å². The van der Waals surface area contributed by atoms with E-state index in [4.69, 9.17) is 0 Å². The molecule has 3 rings (SSSR count). The minimum atomic E-state index is -0.638. The van der Waals surface area contributed by atoms with Crippen LogP contribution in [0.2, 0.25) is 0 Å². The number of carbonyl (C=O) groups is 4. The second-order valence-electron chi connectivity index (χ2n) is 9.15. The van der Waals surface area contributed by atoms with E-state index in [1.165, 1.54) is 12.1 Å². The molecular weight excluding hydrogens is 573 g/mol. The normalized spacial score (nSPS) is 10.4. The Kier molecular flexibility index (Phi) is 10.6. The third-order valence-corrected chi connectivity index (χ3v) is 9.27. The molecule has 0 saturated heterocycles. The number of hydrogen-bond donors (Lipinski definition) is 2. The van der Waals surface area contributed by atoms with Crippen molar-refractivity contribution in [1.82, 2.24) is 9.80 Å². The van der Waals surface area contributed by atoms with Crippen LogP contribution in [0.4, 0.5) is 10.0 Å². The van der Waals surface area contributed by atoms with E-state index in [1.54, 1.807) is 35.8 Å². The van der Waals surface area contributed by atoms with Gasteiger partial charge in [0.25, 0.3) is 23.6 Å². The van der Waals surface area contributed by atoms with Gasteiger partial charge in [0.15, 0.2) is 0 Å².